The Kier molecular flexibility index (Phi) is 7.96. The zero-order valence-corrected chi connectivity index (χ0v) is 14.0. The molecular formula is C15H28N2O3S. The fourth-order valence-corrected chi connectivity index (χ4v) is 3.33. The van der Waals surface area contributed by atoms with Gasteiger partial charge in [-0.05, 0) is 38.2 Å². The molecule has 0 atom stereocenters. The minimum absolute atomic E-state index is 0.0819. The van der Waals surface area contributed by atoms with Crippen molar-refractivity contribution in [2.75, 3.05) is 25.9 Å². The highest BCUT2D eigenvalue weighted by Gasteiger charge is 2.14. The lowest BCUT2D eigenvalue weighted by Gasteiger charge is -2.17. The van der Waals surface area contributed by atoms with Gasteiger partial charge in [-0.15, -0.1) is 0 Å². The summed E-state index contributed by atoms with van der Waals surface area (Å²) in [5, 5.41) is 2.80. The Hall–Kier alpha value is -0.880. The third-order valence-corrected chi connectivity index (χ3v) is 5.82. The van der Waals surface area contributed by atoms with Crippen LogP contribution in [-0.4, -0.2) is 44.5 Å². The number of nitrogens with zero attached hydrogens (tertiary/aromatic N) is 1. The van der Waals surface area contributed by atoms with Crippen LogP contribution in [0.4, 0.5) is 0 Å². The largest absolute Gasteiger partial charge is 0.353 e. The van der Waals surface area contributed by atoms with Gasteiger partial charge in [-0.1, -0.05) is 25.3 Å². The van der Waals surface area contributed by atoms with Gasteiger partial charge in [0.25, 0.3) is 0 Å². The predicted octanol–water partition coefficient (Wildman–Crippen LogP) is 1.91. The maximum absolute atomic E-state index is 11.7. The predicted molar refractivity (Wildman–Crippen MR) is 85.4 cm³/mol. The van der Waals surface area contributed by atoms with Crippen LogP contribution >= 0.6 is 0 Å². The molecule has 0 bridgehead atoms. The Bertz CT molecular complexity index is 440. The van der Waals surface area contributed by atoms with Crippen LogP contribution in [0.15, 0.2) is 12.2 Å². The van der Waals surface area contributed by atoms with Crippen molar-refractivity contribution in [1.82, 2.24) is 9.62 Å². The van der Waals surface area contributed by atoms with E-state index in [-0.39, 0.29) is 11.7 Å². The molecule has 0 spiro atoms. The lowest BCUT2D eigenvalue weighted by molar-refractivity contribution is -0.116. The minimum Gasteiger partial charge on any atom is -0.353 e. The summed E-state index contributed by atoms with van der Waals surface area (Å²) in [5.74, 6) is 0.576. The van der Waals surface area contributed by atoms with Gasteiger partial charge in [-0.25, -0.2) is 12.7 Å². The summed E-state index contributed by atoms with van der Waals surface area (Å²) in [6.45, 7) is 2.56. The zero-order valence-electron chi connectivity index (χ0n) is 13.2. The molecule has 5 nitrogen and oxygen atoms in total. The number of rotatable bonds is 8. The van der Waals surface area contributed by atoms with Crippen molar-refractivity contribution in [2.45, 2.75) is 45.4 Å². The first-order valence-electron chi connectivity index (χ1n) is 7.85. The molecule has 1 amide bonds. The highest BCUT2D eigenvalue weighted by molar-refractivity contribution is 7.89. The molecular weight excluding hydrogens is 288 g/mol. The Labute approximate surface area is 128 Å². The number of amides is 1. The van der Waals surface area contributed by atoms with Crippen molar-refractivity contribution in [3.05, 3.63) is 12.2 Å². The molecule has 1 rings (SSSR count). The highest BCUT2D eigenvalue weighted by atomic mass is 32.2. The monoisotopic (exact) mass is 316 g/mol. The summed E-state index contributed by atoms with van der Waals surface area (Å²) in [6.07, 6.45) is 10.5. The van der Waals surface area contributed by atoms with Gasteiger partial charge < -0.3 is 5.32 Å². The van der Waals surface area contributed by atoms with Crippen molar-refractivity contribution in [2.24, 2.45) is 5.92 Å². The Morgan fingerprint density at radius 2 is 1.95 bits per heavy atom. The standard InChI is InChI=1S/C15H28N2O3S/c1-3-21(19,20)17(2)13-7-12-16-15(18)11-10-14-8-5-4-6-9-14/h10-11,14H,3-9,12-13H2,1-2H3,(H,16,18)/b11-10-. The van der Waals surface area contributed by atoms with Gasteiger partial charge in [-0.2, -0.15) is 0 Å². The molecule has 1 fully saturated rings. The maximum atomic E-state index is 11.7. The van der Waals surface area contributed by atoms with Gasteiger partial charge in [0, 0.05) is 20.1 Å². The number of carbonyl (C=O) groups excluding carboxylic acids is 1. The first kappa shape index (κ1) is 18.2. The fraction of sp³-hybridized carbons (Fsp3) is 0.800. The summed E-state index contributed by atoms with van der Waals surface area (Å²) in [4.78, 5) is 11.7. The molecule has 1 aliphatic rings. The van der Waals surface area contributed by atoms with Crippen molar-refractivity contribution in [3.63, 3.8) is 0 Å². The Morgan fingerprint density at radius 1 is 1.29 bits per heavy atom. The normalized spacial score (nSPS) is 17.5. The lowest BCUT2D eigenvalue weighted by atomic mass is 9.89. The second-order valence-corrected chi connectivity index (χ2v) is 7.99. The maximum Gasteiger partial charge on any atom is 0.243 e. The molecule has 21 heavy (non-hydrogen) atoms. The molecule has 1 N–H and O–H groups in total. The van der Waals surface area contributed by atoms with Crippen LogP contribution in [0.3, 0.4) is 0 Å². The number of hydrogen-bond donors (Lipinski definition) is 1. The first-order chi connectivity index (χ1) is 9.95. The molecule has 0 unspecified atom stereocenters. The Morgan fingerprint density at radius 3 is 2.57 bits per heavy atom. The van der Waals surface area contributed by atoms with E-state index in [4.69, 9.17) is 0 Å². The van der Waals surface area contributed by atoms with E-state index in [1.54, 1.807) is 20.0 Å². The molecule has 1 aliphatic carbocycles. The van der Waals surface area contributed by atoms with E-state index < -0.39 is 10.0 Å². The van der Waals surface area contributed by atoms with E-state index in [0.717, 1.165) is 0 Å². The second-order valence-electron chi connectivity index (χ2n) is 5.62. The fourth-order valence-electron chi connectivity index (χ4n) is 2.48. The van der Waals surface area contributed by atoms with E-state index in [1.165, 1.54) is 36.4 Å². The van der Waals surface area contributed by atoms with E-state index in [0.29, 0.717) is 25.4 Å². The smallest absolute Gasteiger partial charge is 0.243 e. The van der Waals surface area contributed by atoms with E-state index in [2.05, 4.69) is 5.32 Å². The molecule has 0 saturated heterocycles. The average Bonchev–Trinajstić information content (AvgIpc) is 2.50. The summed E-state index contributed by atoms with van der Waals surface area (Å²) < 4.78 is 24.4. The van der Waals surface area contributed by atoms with Crippen LogP contribution in [0.1, 0.15) is 45.4 Å². The average molecular weight is 316 g/mol. The third kappa shape index (κ3) is 7.09. The summed E-state index contributed by atoms with van der Waals surface area (Å²) in [7, 11) is -1.54. The van der Waals surface area contributed by atoms with Crippen molar-refractivity contribution in [3.8, 4) is 0 Å². The van der Waals surface area contributed by atoms with E-state index in [9.17, 15) is 13.2 Å². The summed E-state index contributed by atoms with van der Waals surface area (Å²) in [6, 6.07) is 0. The summed E-state index contributed by atoms with van der Waals surface area (Å²) >= 11 is 0. The van der Waals surface area contributed by atoms with Crippen LogP contribution in [-0.2, 0) is 14.8 Å². The van der Waals surface area contributed by atoms with E-state index >= 15 is 0 Å². The first-order valence-corrected chi connectivity index (χ1v) is 9.46. The molecule has 0 radical (unpaired) electrons. The molecule has 122 valence electrons. The van der Waals surface area contributed by atoms with Crippen molar-refractivity contribution >= 4 is 15.9 Å². The minimum atomic E-state index is -3.12. The van der Waals surface area contributed by atoms with E-state index in [1.807, 2.05) is 6.08 Å². The SMILES string of the molecule is CCS(=O)(=O)N(C)CCCNC(=O)/C=C\C1CCCCC1. The number of carbonyl (C=O) groups is 1. The van der Waals surface area contributed by atoms with Gasteiger partial charge in [0.05, 0.1) is 5.75 Å². The second kappa shape index (κ2) is 9.20. The van der Waals surface area contributed by atoms with Gasteiger partial charge in [-0.3, -0.25) is 4.79 Å². The molecule has 0 aliphatic heterocycles. The van der Waals surface area contributed by atoms with Crippen LogP contribution in [0, 0.1) is 5.92 Å². The zero-order chi connectivity index (χ0) is 15.7. The van der Waals surface area contributed by atoms with Crippen molar-refractivity contribution in [1.29, 1.82) is 0 Å². The van der Waals surface area contributed by atoms with Gasteiger partial charge in [0.15, 0.2) is 0 Å². The topological polar surface area (TPSA) is 66.5 Å². The highest BCUT2D eigenvalue weighted by Crippen LogP contribution is 2.24. The molecule has 0 heterocycles. The van der Waals surface area contributed by atoms with Gasteiger partial charge in [0.2, 0.25) is 15.9 Å². The molecule has 6 heteroatoms. The molecule has 1 saturated carbocycles. The van der Waals surface area contributed by atoms with Crippen LogP contribution in [0.5, 0.6) is 0 Å². The van der Waals surface area contributed by atoms with Crippen LogP contribution in [0.25, 0.3) is 0 Å². The van der Waals surface area contributed by atoms with Crippen LogP contribution in [0.2, 0.25) is 0 Å². The number of sulfonamides is 1. The van der Waals surface area contributed by atoms with Gasteiger partial charge >= 0.3 is 0 Å². The summed E-state index contributed by atoms with van der Waals surface area (Å²) in [5.41, 5.74) is 0. The quantitative estimate of drug-likeness (QED) is 0.549. The van der Waals surface area contributed by atoms with Crippen LogP contribution < -0.4 is 5.32 Å². The number of hydrogen-bond acceptors (Lipinski definition) is 3. The molecule has 0 aromatic rings. The number of allylic oxidation sites excluding steroid dienone is 1. The number of nitrogens with one attached hydrogen (secondary N) is 1. The lowest BCUT2D eigenvalue weighted by Crippen LogP contribution is -2.32. The third-order valence-electron chi connectivity index (χ3n) is 3.96. The Balaban J connectivity index is 2.17. The van der Waals surface area contributed by atoms with Crippen molar-refractivity contribution < 1.29 is 13.2 Å². The van der Waals surface area contributed by atoms with Gasteiger partial charge in [0.1, 0.15) is 0 Å². The molecule has 0 aromatic heterocycles. The molecule has 0 aromatic carbocycles.